The number of fused-ring (bicyclic) bond motifs is 16. The lowest BCUT2D eigenvalue weighted by Crippen LogP contribution is -2.14. The minimum absolute atomic E-state index is 0.136. The topological polar surface area (TPSA) is 126 Å². The normalized spacial score (nSPS) is 14.1. The van der Waals surface area contributed by atoms with E-state index in [1.54, 1.807) is 46.9 Å². The van der Waals surface area contributed by atoms with Crippen LogP contribution < -0.4 is 0 Å². The number of allylic oxidation sites excluding steroid dienone is 5. The average molecular weight is 1850 g/mol. The molecule has 12 rings (SSSR count). The van der Waals surface area contributed by atoms with Gasteiger partial charge < -0.3 is 9.13 Å². The summed E-state index contributed by atoms with van der Waals surface area (Å²) in [5, 5.41) is 25.0. The molecule has 0 aliphatic heterocycles. The van der Waals surface area contributed by atoms with E-state index in [0.29, 0.717) is 56.4 Å². The number of ketones is 2. The molecule has 668 valence electrons. The van der Waals surface area contributed by atoms with Gasteiger partial charge in [-0.2, -0.15) is 29.0 Å². The fourth-order valence-electron chi connectivity index (χ4n) is 20.0. The highest BCUT2D eigenvalue weighted by molar-refractivity contribution is 7.35. The summed E-state index contributed by atoms with van der Waals surface area (Å²) in [6, 6.07) is 10.9. The number of unbranched alkanes of at least 4 members (excludes halogenated alkanes) is 40. The van der Waals surface area contributed by atoms with E-state index in [2.05, 4.69) is 72.5 Å². The maximum Gasteiger partial charge on any atom is 0.528 e. The predicted octanol–water partition coefficient (Wildman–Crippen LogP) is 37.9. The molecule has 0 spiro atoms. The number of aryl methyl sites for hydroxylation is 2. The van der Waals surface area contributed by atoms with E-state index in [1.807, 2.05) is 34.8 Å². The van der Waals surface area contributed by atoms with Gasteiger partial charge in [-0.1, -0.05) is 370 Å². The third kappa shape index (κ3) is 23.8. The second kappa shape index (κ2) is 50.3. The van der Waals surface area contributed by atoms with Crippen molar-refractivity contribution in [2.75, 3.05) is 0 Å². The second-order valence-corrected chi connectivity index (χ2v) is 42.5. The number of hydrogen-bond donors (Lipinski definition) is 0. The van der Waals surface area contributed by atoms with Crippen molar-refractivity contribution in [3.8, 4) is 12.1 Å². The van der Waals surface area contributed by atoms with E-state index < -0.39 is 0 Å². The van der Waals surface area contributed by atoms with E-state index in [-0.39, 0.29) is 43.1 Å². The zero-order chi connectivity index (χ0) is 88.1. The van der Waals surface area contributed by atoms with Crippen molar-refractivity contribution in [1.82, 2.24) is 17.9 Å². The highest BCUT2D eigenvalue weighted by Crippen LogP contribution is 2.57. The first kappa shape index (κ1) is 97.9. The summed E-state index contributed by atoms with van der Waals surface area (Å²) in [4.78, 5) is 40.3. The summed E-state index contributed by atoms with van der Waals surface area (Å²) in [6.07, 6.45) is 66.5. The molecule has 2 atom stereocenters. The summed E-state index contributed by atoms with van der Waals surface area (Å²) in [7, 11) is 0. The van der Waals surface area contributed by atoms with Crippen LogP contribution in [0.1, 0.15) is 415 Å². The highest BCUT2D eigenvalue weighted by Gasteiger charge is 2.40. The Bertz CT molecular complexity index is 5290. The predicted molar refractivity (Wildman–Crippen MR) is 545 cm³/mol. The van der Waals surface area contributed by atoms with Gasteiger partial charge in [0.15, 0.2) is 11.6 Å². The number of thiophene rings is 4. The second-order valence-electron chi connectivity index (χ2n) is 36.2. The molecule has 0 amide bonds. The number of nitriles is 2. The molecule has 2 unspecified atom stereocenters. The zero-order valence-electron chi connectivity index (χ0n) is 75.7. The molecule has 7 heterocycles. The van der Waals surface area contributed by atoms with E-state index >= 15 is 9.59 Å². The van der Waals surface area contributed by atoms with Crippen LogP contribution in [0.3, 0.4) is 0 Å². The Morgan fingerprint density at radius 1 is 0.384 bits per heavy atom. The lowest BCUT2D eigenvalue weighted by molar-refractivity contribution is 0.103. The number of aromatic nitrogens is 4. The van der Waals surface area contributed by atoms with Crippen LogP contribution in [0.2, 0.25) is 20.1 Å². The summed E-state index contributed by atoms with van der Waals surface area (Å²) >= 11 is 35.9. The van der Waals surface area contributed by atoms with Crippen LogP contribution in [0, 0.1) is 47.6 Å². The first-order chi connectivity index (χ1) is 61.2. The molecule has 0 saturated heterocycles. The van der Waals surface area contributed by atoms with Gasteiger partial charge in [-0.15, -0.1) is 45.3 Å². The monoisotopic (exact) mass is 1850 g/mol. The largest absolute Gasteiger partial charge is 0.528 e. The van der Waals surface area contributed by atoms with Crippen LogP contribution in [0.15, 0.2) is 46.8 Å². The van der Waals surface area contributed by atoms with Gasteiger partial charge in [-0.3, -0.25) is 9.59 Å². The summed E-state index contributed by atoms with van der Waals surface area (Å²) in [5.74, 6) is 0.0308. The Hall–Kier alpha value is -6.18. The Morgan fingerprint density at radius 2 is 0.672 bits per heavy atom. The fraction of sp³-hybridized carbons (Fsp3) is 0.585. The van der Waals surface area contributed by atoms with E-state index in [0.717, 1.165) is 111 Å². The van der Waals surface area contributed by atoms with Crippen LogP contribution >= 0.6 is 103 Å². The van der Waals surface area contributed by atoms with Crippen molar-refractivity contribution in [2.24, 2.45) is 11.8 Å². The molecule has 10 nitrogen and oxygen atoms in total. The van der Waals surface area contributed by atoms with Gasteiger partial charge in [0.05, 0.1) is 87.7 Å². The van der Waals surface area contributed by atoms with Crippen molar-refractivity contribution in [2.45, 2.75) is 389 Å². The van der Waals surface area contributed by atoms with Gasteiger partial charge in [0, 0.05) is 61.5 Å². The number of benzene rings is 3. The molecular weight excluding hydrogens is 1720 g/mol. The molecule has 19 heteroatoms. The molecule has 0 N–H and O–H groups in total. The average Bonchev–Trinajstić information content (AvgIpc) is 1.50. The standard InChI is InChI=1S/C106H134Cl4N8O2S5/c1-9-15-21-27-33-37-41-47-53-59-74-86(65-80-88(73(67-111)68-112)76-61-82(107)84(109)63-78(76)98(80)119)121-104-96-102(123-100(74)104)90-92-93(116-125-115-92)91-95(94(90)117(96)69-71(55-49-43-31-25-19-13-5)57-51-45-39-35-29-23-17-11-3)118(70-72(56-50-44-32-26-20-14-6)58-52-46-40-36-30-24-18-12-4)97-103(91)124-101-75(60-54-48-42-38-34-28-22-16-10-2)87(122-105(97)101)66-81-89(106(113-7)114-8)77-62-83(108)85(110)64-79(77)99(81)120/h61-66,71-72H,9-60,69-70H2,1-6H3/b80-65-,81-66-. The number of hydrogen-bond acceptors (Lipinski definition) is 11. The van der Waals surface area contributed by atoms with Crippen molar-refractivity contribution < 1.29 is 9.59 Å². The number of nitrogens with zero attached hydrogens (tertiary/aromatic N) is 8. The lowest BCUT2D eigenvalue weighted by Gasteiger charge is -2.22. The number of carbonyl (C=O) groups excluding carboxylic acids is 2. The first-order valence-corrected chi connectivity index (χ1v) is 54.3. The molecule has 0 fully saturated rings. The Morgan fingerprint density at radius 3 is 0.984 bits per heavy atom. The molecule has 125 heavy (non-hydrogen) atoms. The van der Waals surface area contributed by atoms with E-state index in [9.17, 15) is 10.5 Å². The molecule has 7 aromatic heterocycles. The van der Waals surface area contributed by atoms with Crippen LogP contribution in [-0.4, -0.2) is 29.4 Å². The number of rotatable bonds is 58. The Labute approximate surface area is 787 Å². The Balaban J connectivity index is 1.16. The molecule has 0 bridgehead atoms. The SMILES string of the molecule is [C-]#[N+]C([N+]#[C-])=C1/C(=C/c2sc3c(sc4c5c6nsnc6c6c7sc8c(CCCCCCCCCCC)c(/C=C9\C(=O)c%10cc(Cl)c(Cl)cc%10C9=C(C#N)C#N)sc8c7n(CC(CCCCCCCC)CCCCCCCCCC)c6c5n(CC(CCCCCCCC)CCCCCCCCCC)c34)c2CCCCCCCCCCC)C(=O)c2cc(Cl)c(Cl)cc21. The summed E-state index contributed by atoms with van der Waals surface area (Å²) in [5.41, 5.74) is 12.0. The quantitative estimate of drug-likeness (QED) is 0.0162. The molecule has 3 aromatic carbocycles. The van der Waals surface area contributed by atoms with Crippen LogP contribution in [0.25, 0.3) is 105 Å². The van der Waals surface area contributed by atoms with Gasteiger partial charge in [0.25, 0.3) is 0 Å². The van der Waals surface area contributed by atoms with Crippen LogP contribution in [0.4, 0.5) is 0 Å². The van der Waals surface area contributed by atoms with Crippen molar-refractivity contribution in [3.63, 3.8) is 0 Å². The lowest BCUT2D eigenvalue weighted by atomic mass is 9.93. The summed E-state index contributed by atoms with van der Waals surface area (Å²) < 4.78 is 24.2. The van der Waals surface area contributed by atoms with Gasteiger partial charge in [0.2, 0.25) is 0 Å². The number of halogens is 4. The number of carbonyl (C=O) groups is 2. The van der Waals surface area contributed by atoms with E-state index in [1.165, 1.54) is 341 Å². The maximum atomic E-state index is 15.3. The molecule has 2 aliphatic rings. The van der Waals surface area contributed by atoms with Gasteiger partial charge >= 0.3 is 5.82 Å². The van der Waals surface area contributed by atoms with Gasteiger partial charge in [-0.25, -0.2) is 0 Å². The third-order valence-corrected chi connectivity index (χ3v) is 34.0. The smallest absolute Gasteiger partial charge is 0.337 e. The summed E-state index contributed by atoms with van der Waals surface area (Å²) in [6.45, 7) is 32.3. The third-order valence-electron chi connectivity index (χ3n) is 26.9. The highest BCUT2D eigenvalue weighted by atomic mass is 35.5. The van der Waals surface area contributed by atoms with E-state index in [4.69, 9.17) is 68.3 Å². The van der Waals surface area contributed by atoms with Gasteiger partial charge in [-0.05, 0) is 122 Å². The molecular formula is C106H134Cl4N8O2S5. The van der Waals surface area contributed by atoms with Gasteiger partial charge in [0.1, 0.15) is 41.9 Å². The number of Topliss-reactive ketones (excluding diaryl/α,β-unsaturated/α-hetero) is 2. The van der Waals surface area contributed by atoms with Crippen molar-refractivity contribution in [1.29, 1.82) is 10.5 Å². The van der Waals surface area contributed by atoms with Crippen molar-refractivity contribution >= 4 is 210 Å². The van der Waals surface area contributed by atoms with Crippen LogP contribution in [-0.2, 0) is 25.9 Å². The Kier molecular flexibility index (Phi) is 39.4. The molecule has 10 aromatic rings. The minimum Gasteiger partial charge on any atom is -0.337 e. The maximum absolute atomic E-state index is 15.3. The molecule has 0 radical (unpaired) electrons. The van der Waals surface area contributed by atoms with Crippen molar-refractivity contribution in [3.05, 3.63) is 133 Å². The minimum atomic E-state index is -0.276. The first-order valence-electron chi connectivity index (χ1n) is 48.8. The fourth-order valence-corrected chi connectivity index (χ4v) is 27.1. The molecule has 2 aliphatic carbocycles. The van der Waals surface area contributed by atoms with Crippen LogP contribution in [0.5, 0.6) is 0 Å². The molecule has 0 saturated carbocycles. The zero-order valence-corrected chi connectivity index (χ0v) is 82.9.